The van der Waals surface area contributed by atoms with E-state index in [1.165, 1.54) is 24.3 Å². The highest BCUT2D eigenvalue weighted by Gasteiger charge is 2.33. The monoisotopic (exact) mass is 437 g/mol. The van der Waals surface area contributed by atoms with E-state index >= 15 is 0 Å². The van der Waals surface area contributed by atoms with E-state index in [0.717, 1.165) is 5.56 Å². The van der Waals surface area contributed by atoms with Crippen LogP contribution in [0.2, 0.25) is 0 Å². The van der Waals surface area contributed by atoms with Crippen molar-refractivity contribution in [1.82, 2.24) is 0 Å². The van der Waals surface area contributed by atoms with Crippen molar-refractivity contribution in [2.24, 2.45) is 5.16 Å². The third kappa shape index (κ3) is 4.90. The molecule has 0 radical (unpaired) electrons. The molecular formula is C24H23NO5S. The second kappa shape index (κ2) is 9.24. The minimum Gasteiger partial charge on any atom is -0.381 e. The normalized spacial score (nSPS) is 13.0. The molecule has 0 bridgehead atoms. The van der Waals surface area contributed by atoms with E-state index in [2.05, 4.69) is 5.16 Å². The summed E-state index contributed by atoms with van der Waals surface area (Å²) in [5, 5.41) is 14.1. The topological polar surface area (TPSA) is 93.0 Å². The van der Waals surface area contributed by atoms with E-state index in [0.29, 0.717) is 16.7 Å². The summed E-state index contributed by atoms with van der Waals surface area (Å²) in [4.78, 5) is 17.2. The van der Waals surface area contributed by atoms with Gasteiger partial charge < -0.3 is 9.94 Å². The maximum Gasteiger partial charge on any atom is 0.365 e. The zero-order chi connectivity index (χ0) is 22.6. The van der Waals surface area contributed by atoms with Crippen LogP contribution in [0.3, 0.4) is 0 Å². The Balaban J connectivity index is 2.10. The molecule has 3 rings (SSSR count). The molecular weight excluding hydrogens is 414 g/mol. The third-order valence-electron chi connectivity index (χ3n) is 4.80. The Kier molecular flexibility index (Phi) is 6.68. The van der Waals surface area contributed by atoms with Crippen LogP contribution in [0.25, 0.3) is 0 Å². The average Bonchev–Trinajstić information content (AvgIpc) is 2.74. The molecule has 0 saturated carbocycles. The maximum absolute atomic E-state index is 13.3. The molecule has 1 N–H and O–H groups in total. The lowest BCUT2D eigenvalue weighted by Crippen LogP contribution is -2.25. The van der Waals surface area contributed by atoms with Gasteiger partial charge in [-0.15, -0.1) is 0 Å². The molecule has 0 aliphatic carbocycles. The Morgan fingerprint density at radius 2 is 1.42 bits per heavy atom. The van der Waals surface area contributed by atoms with E-state index in [1.54, 1.807) is 50.2 Å². The van der Waals surface area contributed by atoms with E-state index in [1.807, 2.05) is 19.1 Å². The summed E-state index contributed by atoms with van der Waals surface area (Å²) in [5.74, 6) is -0.828. The van der Waals surface area contributed by atoms with Crippen molar-refractivity contribution >= 4 is 20.9 Å². The first-order valence-electron chi connectivity index (χ1n) is 9.62. The standard InChI is InChI=1S/C24H23NO5S/c1-16-14-17(2)21(18(3)15-16)22(26)23(31(28,29)20-12-8-5-9-13-20)25-30-24(27)19-10-6-4-7-11-19/h4-15,22,26H,1-3H3/b25-23+. The van der Waals surface area contributed by atoms with Crippen LogP contribution in [-0.4, -0.2) is 24.5 Å². The molecule has 7 heteroatoms. The van der Waals surface area contributed by atoms with Gasteiger partial charge in [0.2, 0.25) is 14.9 Å². The number of oxime groups is 1. The molecule has 160 valence electrons. The fourth-order valence-corrected chi connectivity index (χ4v) is 4.73. The Morgan fingerprint density at radius 3 is 1.97 bits per heavy atom. The van der Waals surface area contributed by atoms with Gasteiger partial charge in [0, 0.05) is 0 Å². The minimum atomic E-state index is -4.25. The Labute approximate surface area is 181 Å². The molecule has 31 heavy (non-hydrogen) atoms. The lowest BCUT2D eigenvalue weighted by Gasteiger charge is -2.19. The molecule has 1 atom stereocenters. The first-order chi connectivity index (χ1) is 14.7. The van der Waals surface area contributed by atoms with E-state index in [4.69, 9.17) is 4.84 Å². The van der Waals surface area contributed by atoms with Crippen LogP contribution in [0.4, 0.5) is 0 Å². The summed E-state index contributed by atoms with van der Waals surface area (Å²) >= 11 is 0. The van der Waals surface area contributed by atoms with Gasteiger partial charge in [-0.1, -0.05) is 59.3 Å². The van der Waals surface area contributed by atoms with Gasteiger partial charge in [-0.05, 0) is 61.7 Å². The molecule has 0 heterocycles. The summed E-state index contributed by atoms with van der Waals surface area (Å²) < 4.78 is 26.6. The van der Waals surface area contributed by atoms with Gasteiger partial charge in [-0.25, -0.2) is 13.2 Å². The highest BCUT2D eigenvalue weighted by molar-refractivity contribution is 8.06. The van der Waals surface area contributed by atoms with Crippen LogP contribution in [0, 0.1) is 20.8 Å². The molecule has 0 saturated heterocycles. The Bertz CT molecular complexity index is 1200. The molecule has 0 spiro atoms. The summed E-state index contributed by atoms with van der Waals surface area (Å²) in [6.45, 7) is 5.47. The number of carbonyl (C=O) groups excluding carboxylic acids is 1. The van der Waals surface area contributed by atoms with E-state index in [9.17, 15) is 18.3 Å². The zero-order valence-corrected chi connectivity index (χ0v) is 18.3. The fraction of sp³-hybridized carbons (Fsp3) is 0.167. The summed E-state index contributed by atoms with van der Waals surface area (Å²) in [5.41, 5.74) is 3.00. The molecule has 6 nitrogen and oxygen atoms in total. The number of hydrogen-bond acceptors (Lipinski definition) is 6. The number of carbonyl (C=O) groups is 1. The van der Waals surface area contributed by atoms with Crippen molar-refractivity contribution in [3.8, 4) is 0 Å². The summed E-state index contributed by atoms with van der Waals surface area (Å²) in [6.07, 6.45) is -1.62. The molecule has 0 amide bonds. The molecule has 1 unspecified atom stereocenters. The molecule has 0 aromatic heterocycles. The van der Waals surface area contributed by atoms with Gasteiger partial charge in [0.25, 0.3) is 0 Å². The Morgan fingerprint density at radius 1 is 0.903 bits per heavy atom. The average molecular weight is 438 g/mol. The largest absolute Gasteiger partial charge is 0.381 e. The first-order valence-corrected chi connectivity index (χ1v) is 11.1. The van der Waals surface area contributed by atoms with Crippen LogP contribution in [0.15, 0.2) is 82.8 Å². The number of hydrogen-bond donors (Lipinski definition) is 1. The number of aliphatic hydroxyl groups excluding tert-OH is 1. The second-order valence-corrected chi connectivity index (χ2v) is 9.10. The van der Waals surface area contributed by atoms with Crippen molar-refractivity contribution in [3.63, 3.8) is 0 Å². The van der Waals surface area contributed by atoms with Crippen molar-refractivity contribution < 1.29 is 23.2 Å². The molecule has 3 aromatic rings. The van der Waals surface area contributed by atoms with Crippen LogP contribution in [-0.2, 0) is 14.7 Å². The van der Waals surface area contributed by atoms with Crippen LogP contribution in [0.1, 0.15) is 38.7 Å². The summed E-state index contributed by atoms with van der Waals surface area (Å²) in [6, 6.07) is 19.4. The van der Waals surface area contributed by atoms with Crippen molar-refractivity contribution in [1.29, 1.82) is 0 Å². The number of rotatable bonds is 5. The van der Waals surface area contributed by atoms with Gasteiger partial charge in [0.05, 0.1) is 10.5 Å². The molecule has 0 fully saturated rings. The zero-order valence-electron chi connectivity index (χ0n) is 17.4. The molecule has 3 aromatic carbocycles. The highest BCUT2D eigenvalue weighted by atomic mass is 32.2. The predicted molar refractivity (Wildman–Crippen MR) is 119 cm³/mol. The van der Waals surface area contributed by atoms with Crippen molar-refractivity contribution in [2.75, 3.05) is 0 Å². The van der Waals surface area contributed by atoms with Crippen LogP contribution >= 0.6 is 0 Å². The van der Waals surface area contributed by atoms with E-state index in [-0.39, 0.29) is 10.5 Å². The maximum atomic E-state index is 13.3. The number of benzene rings is 3. The third-order valence-corrected chi connectivity index (χ3v) is 6.54. The molecule has 0 aliphatic rings. The van der Waals surface area contributed by atoms with Gasteiger partial charge in [0.15, 0.2) is 0 Å². The predicted octanol–water partition coefficient (Wildman–Crippen LogP) is 4.29. The summed E-state index contributed by atoms with van der Waals surface area (Å²) in [7, 11) is -4.25. The lowest BCUT2D eigenvalue weighted by molar-refractivity contribution is 0.0512. The van der Waals surface area contributed by atoms with Gasteiger partial charge in [0.1, 0.15) is 6.10 Å². The van der Waals surface area contributed by atoms with Gasteiger partial charge in [-0.2, -0.15) is 0 Å². The van der Waals surface area contributed by atoms with Crippen LogP contribution < -0.4 is 0 Å². The SMILES string of the molecule is Cc1cc(C)c(C(O)/C(=N\OC(=O)c2ccccc2)S(=O)(=O)c2ccccc2)c(C)c1. The number of aliphatic hydroxyl groups is 1. The smallest absolute Gasteiger partial charge is 0.365 e. The highest BCUT2D eigenvalue weighted by Crippen LogP contribution is 2.29. The van der Waals surface area contributed by atoms with Gasteiger partial charge >= 0.3 is 5.97 Å². The molecule has 0 aliphatic heterocycles. The quantitative estimate of drug-likeness (QED) is 0.278. The van der Waals surface area contributed by atoms with Crippen LogP contribution in [0.5, 0.6) is 0 Å². The minimum absolute atomic E-state index is 0.0639. The number of nitrogens with zero attached hydrogens (tertiary/aromatic N) is 1. The van der Waals surface area contributed by atoms with Crippen molar-refractivity contribution in [2.45, 2.75) is 31.8 Å². The number of aryl methyl sites for hydroxylation is 3. The number of sulfone groups is 1. The van der Waals surface area contributed by atoms with E-state index < -0.39 is 27.0 Å². The Hall–Kier alpha value is -3.29. The first kappa shape index (κ1) is 22.4. The van der Waals surface area contributed by atoms with Crippen molar-refractivity contribution in [3.05, 3.63) is 101 Å². The van der Waals surface area contributed by atoms with Gasteiger partial charge in [-0.3, -0.25) is 0 Å². The fourth-order valence-electron chi connectivity index (χ4n) is 3.43. The second-order valence-electron chi connectivity index (χ2n) is 7.21. The lowest BCUT2D eigenvalue weighted by atomic mass is 9.96.